The van der Waals surface area contributed by atoms with E-state index in [9.17, 15) is 72.2 Å². The standard InChI is InChI=1S/C24H19F13N4O4/c25-13-7-11-14(41(10-1-2-10)9-12(16(11)42)19(44)45)8-15(13)39-3-5-40(6-4-39)22(23(32,33)34,24(35,36)37)38-18(43)17(20(26,27)28)21(29,30)31/h7-10,17H,1-6H2,(H,38,43)(H,44,45). The summed E-state index contributed by atoms with van der Waals surface area (Å²) in [6, 6.07) is 1.35. The quantitative estimate of drug-likeness (QED) is 0.421. The van der Waals surface area contributed by atoms with Crippen molar-refractivity contribution in [3.8, 4) is 0 Å². The van der Waals surface area contributed by atoms with Gasteiger partial charge in [0.25, 0.3) is 5.66 Å². The van der Waals surface area contributed by atoms with E-state index >= 15 is 4.39 Å². The van der Waals surface area contributed by atoms with Gasteiger partial charge in [-0.2, -0.15) is 52.7 Å². The highest BCUT2D eigenvalue weighted by molar-refractivity contribution is 5.93. The van der Waals surface area contributed by atoms with Crippen LogP contribution in [0.25, 0.3) is 10.9 Å². The molecule has 2 aliphatic rings. The summed E-state index contributed by atoms with van der Waals surface area (Å²) in [6.45, 7) is -4.66. The molecule has 21 heteroatoms. The third-order valence-electron chi connectivity index (χ3n) is 7.41. The molecule has 0 radical (unpaired) electrons. The number of anilines is 1. The maximum absolute atomic E-state index is 15.2. The Labute approximate surface area is 242 Å². The molecular formula is C24H19F13N4O4. The number of carbonyl (C=O) groups is 2. The van der Waals surface area contributed by atoms with Crippen molar-refractivity contribution in [2.45, 2.75) is 49.3 Å². The lowest BCUT2D eigenvalue weighted by molar-refractivity contribution is -0.353. The highest BCUT2D eigenvalue weighted by atomic mass is 19.4. The predicted molar refractivity (Wildman–Crippen MR) is 126 cm³/mol. The number of hydrogen-bond acceptors (Lipinski definition) is 5. The fourth-order valence-corrected chi connectivity index (χ4v) is 5.16. The Kier molecular flexibility index (Phi) is 8.29. The fraction of sp³-hybridized carbons (Fsp3) is 0.542. The lowest BCUT2D eigenvalue weighted by atomic mass is 10.0. The van der Waals surface area contributed by atoms with Crippen LogP contribution in [0.1, 0.15) is 29.2 Å². The Hall–Kier alpha value is -3.78. The normalized spacial score (nSPS) is 17.7. The second-order valence-corrected chi connectivity index (χ2v) is 10.3. The van der Waals surface area contributed by atoms with E-state index in [4.69, 9.17) is 0 Å². The van der Waals surface area contributed by atoms with Crippen molar-refractivity contribution in [1.29, 1.82) is 0 Å². The molecule has 0 atom stereocenters. The summed E-state index contributed by atoms with van der Waals surface area (Å²) in [5.41, 5.74) is -7.94. The predicted octanol–water partition coefficient (Wildman–Crippen LogP) is 4.97. The van der Waals surface area contributed by atoms with E-state index in [0.717, 1.165) is 17.2 Å². The van der Waals surface area contributed by atoms with Crippen LogP contribution in [0.5, 0.6) is 0 Å². The number of halogens is 13. The van der Waals surface area contributed by atoms with Gasteiger partial charge in [-0.1, -0.05) is 0 Å². The number of rotatable bonds is 6. The molecule has 8 nitrogen and oxygen atoms in total. The zero-order valence-corrected chi connectivity index (χ0v) is 22.1. The average molecular weight is 674 g/mol. The lowest BCUT2D eigenvalue weighted by Crippen LogP contribution is -2.79. The van der Waals surface area contributed by atoms with Crippen molar-refractivity contribution in [2.24, 2.45) is 5.92 Å². The molecule has 2 aromatic rings. The van der Waals surface area contributed by atoms with E-state index in [0.29, 0.717) is 18.9 Å². The molecule has 1 amide bonds. The molecule has 1 saturated heterocycles. The summed E-state index contributed by atoms with van der Waals surface area (Å²) < 4.78 is 179. The van der Waals surface area contributed by atoms with Gasteiger partial charge in [-0.05, 0) is 25.0 Å². The third kappa shape index (κ3) is 6.09. The van der Waals surface area contributed by atoms with Crippen LogP contribution in [-0.2, 0) is 4.79 Å². The first-order valence-corrected chi connectivity index (χ1v) is 12.6. The van der Waals surface area contributed by atoms with Crippen LogP contribution in [0, 0.1) is 11.7 Å². The molecule has 0 bridgehead atoms. The van der Waals surface area contributed by atoms with Gasteiger partial charge in [0.05, 0.1) is 11.2 Å². The molecule has 1 aliphatic heterocycles. The molecule has 0 spiro atoms. The van der Waals surface area contributed by atoms with E-state index in [-0.39, 0.29) is 22.3 Å². The SMILES string of the molecule is O=C(O)c1cn(C2CC2)c2cc(N3CCN(C(NC(=O)C(C(F)(F)F)C(F)(F)F)(C(F)(F)F)C(F)(F)F)CC3)c(F)cc2c1=O. The zero-order chi connectivity index (χ0) is 34.1. The molecule has 45 heavy (non-hydrogen) atoms. The minimum absolute atomic E-state index is 0.0103. The molecular weight excluding hydrogens is 655 g/mol. The number of amides is 1. The Morgan fingerprint density at radius 1 is 0.844 bits per heavy atom. The molecule has 2 N–H and O–H groups in total. The maximum atomic E-state index is 15.2. The molecule has 2 heterocycles. The number of hydrogen-bond donors (Lipinski definition) is 2. The number of pyridine rings is 1. The van der Waals surface area contributed by atoms with Gasteiger partial charge < -0.3 is 19.9 Å². The summed E-state index contributed by atoms with van der Waals surface area (Å²) in [6.07, 6.45) is -24.6. The Morgan fingerprint density at radius 2 is 1.36 bits per heavy atom. The second kappa shape index (κ2) is 10.9. The summed E-state index contributed by atoms with van der Waals surface area (Å²) in [4.78, 5) is 36.4. The van der Waals surface area contributed by atoms with Crippen LogP contribution in [0.15, 0.2) is 23.1 Å². The number of aromatic nitrogens is 1. The molecule has 0 unspecified atom stereocenters. The molecule has 1 aromatic carbocycles. The number of fused-ring (bicyclic) bond motifs is 1. The number of carbonyl (C=O) groups excluding carboxylic acids is 1. The minimum Gasteiger partial charge on any atom is -0.477 e. The maximum Gasteiger partial charge on any atom is 0.434 e. The van der Waals surface area contributed by atoms with Crippen LogP contribution in [0.3, 0.4) is 0 Å². The van der Waals surface area contributed by atoms with E-state index in [1.807, 2.05) is 0 Å². The van der Waals surface area contributed by atoms with Crippen LogP contribution in [0.4, 0.5) is 62.8 Å². The number of alkyl halides is 12. The number of nitrogens with zero attached hydrogens (tertiary/aromatic N) is 3. The van der Waals surface area contributed by atoms with Crippen molar-refractivity contribution in [3.63, 3.8) is 0 Å². The van der Waals surface area contributed by atoms with Gasteiger partial charge in [-0.25, -0.2) is 9.18 Å². The molecule has 4 rings (SSSR count). The fourth-order valence-electron chi connectivity index (χ4n) is 5.16. The third-order valence-corrected chi connectivity index (χ3v) is 7.41. The van der Waals surface area contributed by atoms with Crippen molar-refractivity contribution < 1.29 is 71.8 Å². The van der Waals surface area contributed by atoms with Crippen LogP contribution >= 0.6 is 0 Å². The number of piperazine rings is 1. The Bertz CT molecular complexity index is 1520. The van der Waals surface area contributed by atoms with Crippen molar-refractivity contribution in [2.75, 3.05) is 31.1 Å². The topological polar surface area (TPSA) is 94.9 Å². The first-order valence-electron chi connectivity index (χ1n) is 12.6. The van der Waals surface area contributed by atoms with Gasteiger partial charge in [-0.3, -0.25) is 14.5 Å². The molecule has 1 aromatic heterocycles. The van der Waals surface area contributed by atoms with Crippen LogP contribution in [0.2, 0.25) is 0 Å². The van der Waals surface area contributed by atoms with Gasteiger partial charge in [0.2, 0.25) is 17.3 Å². The summed E-state index contributed by atoms with van der Waals surface area (Å²) in [5, 5.41) is 8.89. The summed E-state index contributed by atoms with van der Waals surface area (Å²) in [7, 11) is 0. The number of nitrogens with one attached hydrogen (secondary N) is 1. The number of carboxylic acid groups (broad SMARTS) is 1. The monoisotopic (exact) mass is 674 g/mol. The number of benzene rings is 1. The zero-order valence-electron chi connectivity index (χ0n) is 22.1. The number of carboxylic acids is 1. The highest BCUT2D eigenvalue weighted by Gasteiger charge is 2.76. The van der Waals surface area contributed by atoms with Gasteiger partial charge in [0.1, 0.15) is 11.4 Å². The summed E-state index contributed by atoms with van der Waals surface area (Å²) >= 11 is 0. The van der Waals surface area contributed by atoms with Gasteiger partial charge in [0.15, 0.2) is 0 Å². The first kappa shape index (κ1) is 34.1. The van der Waals surface area contributed by atoms with Gasteiger partial charge in [-0.15, -0.1) is 0 Å². The molecule has 250 valence electrons. The van der Waals surface area contributed by atoms with E-state index in [2.05, 4.69) is 0 Å². The Morgan fingerprint density at radius 3 is 1.78 bits per heavy atom. The lowest BCUT2D eigenvalue weighted by Gasteiger charge is -2.49. The Balaban J connectivity index is 1.72. The van der Waals surface area contributed by atoms with Gasteiger partial charge in [0, 0.05) is 43.8 Å². The average Bonchev–Trinajstić information content (AvgIpc) is 3.69. The molecule has 1 aliphatic carbocycles. The molecule has 2 fully saturated rings. The van der Waals surface area contributed by atoms with Crippen molar-refractivity contribution >= 4 is 28.5 Å². The van der Waals surface area contributed by atoms with E-state index in [1.54, 1.807) is 0 Å². The largest absolute Gasteiger partial charge is 0.477 e. The van der Waals surface area contributed by atoms with Crippen LogP contribution in [-0.4, -0.2) is 83.0 Å². The highest BCUT2D eigenvalue weighted by Crippen LogP contribution is 2.48. The first-order chi connectivity index (χ1) is 20.4. The van der Waals surface area contributed by atoms with Crippen molar-refractivity contribution in [1.82, 2.24) is 14.8 Å². The number of aromatic carboxylic acids is 1. The van der Waals surface area contributed by atoms with E-state index in [1.165, 1.54) is 4.57 Å². The molecule has 1 saturated carbocycles. The van der Waals surface area contributed by atoms with Crippen LogP contribution < -0.4 is 15.6 Å². The van der Waals surface area contributed by atoms with Gasteiger partial charge >= 0.3 is 30.7 Å². The summed E-state index contributed by atoms with van der Waals surface area (Å²) in [5.74, 6) is -11.7. The smallest absolute Gasteiger partial charge is 0.434 e. The van der Waals surface area contributed by atoms with Crippen molar-refractivity contribution in [3.05, 3.63) is 39.9 Å². The second-order valence-electron chi connectivity index (χ2n) is 10.3. The van der Waals surface area contributed by atoms with E-state index < -0.39 is 102 Å². The minimum atomic E-state index is -6.71.